The number of halogens is 1. The molecule has 0 aromatic carbocycles. The van der Waals surface area contributed by atoms with Crippen molar-refractivity contribution >= 4 is 15.9 Å². The number of alkyl halides is 1. The molecule has 0 N–H and O–H groups in total. The second kappa shape index (κ2) is 3.32. The van der Waals surface area contributed by atoms with Crippen molar-refractivity contribution < 1.29 is 4.92 Å². The Hall–Kier alpha value is -0.120. The van der Waals surface area contributed by atoms with Gasteiger partial charge in [-0.3, -0.25) is 10.1 Å². The Morgan fingerprint density at radius 1 is 1.70 bits per heavy atom. The van der Waals surface area contributed by atoms with Gasteiger partial charge in [0.1, 0.15) is 0 Å². The first-order chi connectivity index (χ1) is 4.45. The summed E-state index contributed by atoms with van der Waals surface area (Å²) in [7, 11) is 0. The van der Waals surface area contributed by atoms with Gasteiger partial charge in [-0.25, -0.2) is 0 Å². The Morgan fingerprint density at radius 3 is 2.10 bits per heavy atom. The van der Waals surface area contributed by atoms with Crippen molar-refractivity contribution in [2.24, 2.45) is 5.92 Å². The molecule has 3 nitrogen and oxygen atoms in total. The summed E-state index contributed by atoms with van der Waals surface area (Å²) in [6.45, 7) is 5.47. The van der Waals surface area contributed by atoms with Crippen LogP contribution in [0.5, 0.6) is 0 Å². The number of hydrogen-bond donors (Lipinski definition) is 0. The summed E-state index contributed by atoms with van der Waals surface area (Å²) in [6, 6.07) is 0. The van der Waals surface area contributed by atoms with Gasteiger partial charge in [-0.2, -0.15) is 0 Å². The minimum atomic E-state index is -0.924. The van der Waals surface area contributed by atoms with Gasteiger partial charge in [-0.1, -0.05) is 20.8 Å². The van der Waals surface area contributed by atoms with Gasteiger partial charge in [0.05, 0.1) is 0 Å². The average molecular weight is 210 g/mol. The molecule has 10 heavy (non-hydrogen) atoms. The Balaban J connectivity index is 4.38. The second-order valence-electron chi connectivity index (χ2n) is 2.58. The Bertz CT molecular complexity index is 138. The highest BCUT2D eigenvalue weighted by Gasteiger charge is 2.40. The van der Waals surface area contributed by atoms with E-state index < -0.39 is 4.45 Å². The minimum absolute atomic E-state index is 0.0208. The smallest absolute Gasteiger partial charge is 0.263 e. The predicted octanol–water partition coefficient (Wildman–Crippen LogP) is 2.42. The van der Waals surface area contributed by atoms with Gasteiger partial charge in [0.15, 0.2) is 0 Å². The highest BCUT2D eigenvalue weighted by Crippen LogP contribution is 2.31. The quantitative estimate of drug-likeness (QED) is 0.310. The van der Waals surface area contributed by atoms with E-state index >= 15 is 0 Å². The van der Waals surface area contributed by atoms with E-state index in [2.05, 4.69) is 15.9 Å². The fourth-order valence-electron chi connectivity index (χ4n) is 0.748. The van der Waals surface area contributed by atoms with E-state index in [0.717, 1.165) is 0 Å². The van der Waals surface area contributed by atoms with E-state index in [1.165, 1.54) is 0 Å². The van der Waals surface area contributed by atoms with Crippen molar-refractivity contribution in [1.82, 2.24) is 0 Å². The maximum atomic E-state index is 10.5. The molecule has 0 saturated heterocycles. The van der Waals surface area contributed by atoms with Crippen LogP contribution in [0.15, 0.2) is 0 Å². The molecule has 0 aliphatic rings. The Kier molecular flexibility index (Phi) is 3.28. The zero-order chi connectivity index (χ0) is 8.36. The minimum Gasteiger partial charge on any atom is -0.263 e. The normalized spacial score (nSPS) is 16.9. The van der Waals surface area contributed by atoms with Crippen molar-refractivity contribution in [1.29, 1.82) is 0 Å². The van der Waals surface area contributed by atoms with Crippen LogP contribution >= 0.6 is 15.9 Å². The molecule has 0 bridgehead atoms. The Morgan fingerprint density at radius 2 is 2.10 bits per heavy atom. The monoisotopic (exact) mass is 209 g/mol. The fourth-order valence-corrected chi connectivity index (χ4v) is 0.748. The first-order valence-electron chi connectivity index (χ1n) is 3.28. The topological polar surface area (TPSA) is 43.1 Å². The van der Waals surface area contributed by atoms with Crippen molar-refractivity contribution in [3.8, 4) is 0 Å². The molecule has 1 unspecified atom stereocenters. The van der Waals surface area contributed by atoms with E-state index in [1.807, 2.05) is 13.8 Å². The maximum absolute atomic E-state index is 10.5. The van der Waals surface area contributed by atoms with Crippen LogP contribution < -0.4 is 0 Å². The van der Waals surface area contributed by atoms with Crippen LogP contribution in [0.3, 0.4) is 0 Å². The van der Waals surface area contributed by atoms with Crippen molar-refractivity contribution in [3.05, 3.63) is 10.1 Å². The van der Waals surface area contributed by atoms with E-state index in [1.54, 1.807) is 6.92 Å². The Labute approximate surface area is 69.1 Å². The van der Waals surface area contributed by atoms with Crippen LogP contribution in [-0.2, 0) is 0 Å². The van der Waals surface area contributed by atoms with E-state index in [0.29, 0.717) is 6.42 Å². The molecule has 4 heteroatoms. The summed E-state index contributed by atoms with van der Waals surface area (Å²) in [4.78, 5) is 10.2. The van der Waals surface area contributed by atoms with Gasteiger partial charge >= 0.3 is 0 Å². The largest absolute Gasteiger partial charge is 0.276 e. The highest BCUT2D eigenvalue weighted by atomic mass is 79.9. The molecule has 0 amide bonds. The summed E-state index contributed by atoms with van der Waals surface area (Å²) in [5, 5.41) is 10.5. The standard InChI is InChI=1S/C6H12BrNO2/c1-4-6(7,5(2)3)8(9)10/h5H,4H2,1-3H3. The lowest BCUT2D eigenvalue weighted by atomic mass is 10.0. The van der Waals surface area contributed by atoms with Gasteiger partial charge in [0.25, 0.3) is 4.45 Å². The lowest BCUT2D eigenvalue weighted by Gasteiger charge is -2.20. The van der Waals surface area contributed by atoms with E-state index in [-0.39, 0.29) is 10.8 Å². The SMILES string of the molecule is CCC(Br)(C(C)C)[N+](=O)[O-]. The van der Waals surface area contributed by atoms with E-state index in [9.17, 15) is 10.1 Å². The summed E-state index contributed by atoms with van der Waals surface area (Å²) >= 11 is 3.11. The number of rotatable bonds is 3. The van der Waals surface area contributed by atoms with Crippen LogP contribution in [-0.4, -0.2) is 9.37 Å². The molecule has 0 saturated carbocycles. The molecule has 0 radical (unpaired) electrons. The maximum Gasteiger partial charge on any atom is 0.276 e. The molecule has 0 fully saturated rings. The van der Waals surface area contributed by atoms with Gasteiger partial charge in [0, 0.05) is 33.2 Å². The van der Waals surface area contributed by atoms with Gasteiger partial charge in [-0.15, -0.1) is 0 Å². The highest BCUT2D eigenvalue weighted by molar-refractivity contribution is 9.10. The molecule has 1 atom stereocenters. The van der Waals surface area contributed by atoms with Gasteiger partial charge in [0.2, 0.25) is 0 Å². The third kappa shape index (κ3) is 1.68. The van der Waals surface area contributed by atoms with Crippen molar-refractivity contribution in [2.45, 2.75) is 31.6 Å². The van der Waals surface area contributed by atoms with Gasteiger partial charge < -0.3 is 0 Å². The summed E-state index contributed by atoms with van der Waals surface area (Å²) < 4.78 is -0.924. The summed E-state index contributed by atoms with van der Waals surface area (Å²) in [6.07, 6.45) is 0.512. The second-order valence-corrected chi connectivity index (χ2v) is 3.96. The number of nitro groups is 1. The lowest BCUT2D eigenvalue weighted by molar-refractivity contribution is -0.544. The molecule has 0 aromatic rings. The first kappa shape index (κ1) is 9.88. The van der Waals surface area contributed by atoms with E-state index in [4.69, 9.17) is 0 Å². The molecular weight excluding hydrogens is 198 g/mol. The third-order valence-electron chi connectivity index (χ3n) is 1.68. The fraction of sp³-hybridized carbons (Fsp3) is 1.00. The molecule has 0 heterocycles. The van der Waals surface area contributed by atoms with Crippen LogP contribution in [0.4, 0.5) is 0 Å². The zero-order valence-electron chi connectivity index (χ0n) is 6.43. The van der Waals surface area contributed by atoms with Crippen LogP contribution in [0.25, 0.3) is 0 Å². The summed E-state index contributed by atoms with van der Waals surface area (Å²) in [5.41, 5.74) is 0. The average Bonchev–Trinajstić information content (AvgIpc) is 1.85. The molecule has 60 valence electrons. The molecule has 0 aliphatic heterocycles. The predicted molar refractivity (Wildman–Crippen MR) is 43.8 cm³/mol. The molecule has 0 aromatic heterocycles. The van der Waals surface area contributed by atoms with Crippen molar-refractivity contribution in [2.75, 3.05) is 0 Å². The molecule has 0 spiro atoms. The number of nitrogens with zero attached hydrogens (tertiary/aromatic N) is 1. The lowest BCUT2D eigenvalue weighted by Crippen LogP contribution is -2.35. The van der Waals surface area contributed by atoms with Crippen molar-refractivity contribution in [3.63, 3.8) is 0 Å². The van der Waals surface area contributed by atoms with Crippen LogP contribution in [0.2, 0.25) is 0 Å². The molecule has 0 aliphatic carbocycles. The molecule has 0 rings (SSSR count). The van der Waals surface area contributed by atoms with Crippen LogP contribution in [0.1, 0.15) is 27.2 Å². The number of hydrogen-bond acceptors (Lipinski definition) is 2. The zero-order valence-corrected chi connectivity index (χ0v) is 8.01. The molecular formula is C6H12BrNO2. The third-order valence-corrected chi connectivity index (χ3v) is 3.45. The van der Waals surface area contributed by atoms with Crippen LogP contribution in [0, 0.1) is 16.0 Å². The first-order valence-corrected chi connectivity index (χ1v) is 4.07. The van der Waals surface area contributed by atoms with Gasteiger partial charge in [-0.05, 0) is 0 Å². The summed E-state index contributed by atoms with van der Waals surface area (Å²) in [5.74, 6) is 0.0208.